The number of amides is 1. The Hall–Kier alpha value is -2.86. The summed E-state index contributed by atoms with van der Waals surface area (Å²) in [6.45, 7) is 4.11. The third-order valence-electron chi connectivity index (χ3n) is 4.99. The fourth-order valence-electron chi connectivity index (χ4n) is 3.38. The number of piperazine rings is 1. The Labute approximate surface area is 193 Å². The zero-order chi connectivity index (χ0) is 24.0. The standard InChI is InChI=1S/C21H25F3N4O4S/c1-3-32-19(30)10-15-13-33-20(25-15)26-18(29)12-27-4-6-28(7-5-27)16-8-14(21(22,23)24)9-17(11-16)31-2/h8-9,11,13H,3-7,10,12H2,1-2H3,(H,25,26,29). The summed E-state index contributed by atoms with van der Waals surface area (Å²) < 4.78 is 49.4. The molecule has 1 amide bonds. The van der Waals surface area contributed by atoms with E-state index in [1.807, 2.05) is 9.80 Å². The van der Waals surface area contributed by atoms with Crippen molar-refractivity contribution in [3.63, 3.8) is 0 Å². The van der Waals surface area contributed by atoms with E-state index in [1.165, 1.54) is 18.4 Å². The van der Waals surface area contributed by atoms with Gasteiger partial charge in [-0.05, 0) is 19.1 Å². The van der Waals surface area contributed by atoms with Crippen molar-refractivity contribution in [1.82, 2.24) is 9.88 Å². The number of nitrogens with one attached hydrogen (secondary N) is 1. The lowest BCUT2D eigenvalue weighted by molar-refractivity contribution is -0.142. The fourth-order valence-corrected chi connectivity index (χ4v) is 4.11. The summed E-state index contributed by atoms with van der Waals surface area (Å²) in [6, 6.07) is 3.66. The average molecular weight is 487 g/mol. The number of halogens is 3. The lowest BCUT2D eigenvalue weighted by atomic mass is 10.1. The molecule has 33 heavy (non-hydrogen) atoms. The number of carbonyl (C=O) groups is 2. The van der Waals surface area contributed by atoms with Crippen molar-refractivity contribution in [2.45, 2.75) is 19.5 Å². The van der Waals surface area contributed by atoms with E-state index < -0.39 is 11.7 Å². The number of nitrogens with zero attached hydrogens (tertiary/aromatic N) is 3. The molecular formula is C21H25F3N4O4S. The number of alkyl halides is 3. The molecule has 0 atom stereocenters. The normalized spacial score (nSPS) is 14.8. The van der Waals surface area contributed by atoms with Crippen LogP contribution in [0.15, 0.2) is 23.6 Å². The fraction of sp³-hybridized carbons (Fsp3) is 0.476. The Morgan fingerprint density at radius 3 is 2.55 bits per heavy atom. The second kappa shape index (κ2) is 10.8. The van der Waals surface area contributed by atoms with Crippen molar-refractivity contribution in [3.05, 3.63) is 34.8 Å². The summed E-state index contributed by atoms with van der Waals surface area (Å²) in [5.41, 5.74) is 0.200. The van der Waals surface area contributed by atoms with Crippen molar-refractivity contribution in [2.75, 3.05) is 56.7 Å². The van der Waals surface area contributed by atoms with E-state index in [2.05, 4.69) is 10.3 Å². The van der Waals surface area contributed by atoms with E-state index in [9.17, 15) is 22.8 Å². The van der Waals surface area contributed by atoms with Crippen LogP contribution < -0.4 is 15.0 Å². The highest BCUT2D eigenvalue weighted by Crippen LogP contribution is 2.35. The van der Waals surface area contributed by atoms with Crippen molar-refractivity contribution >= 4 is 34.0 Å². The van der Waals surface area contributed by atoms with Crippen LogP contribution in [0.25, 0.3) is 0 Å². The number of rotatable bonds is 8. The van der Waals surface area contributed by atoms with Crippen LogP contribution in [-0.4, -0.2) is 68.2 Å². The highest BCUT2D eigenvalue weighted by Gasteiger charge is 2.32. The summed E-state index contributed by atoms with van der Waals surface area (Å²) in [4.78, 5) is 31.9. The number of thiazole rings is 1. The zero-order valence-corrected chi connectivity index (χ0v) is 19.1. The third-order valence-corrected chi connectivity index (χ3v) is 5.79. The quantitative estimate of drug-likeness (QED) is 0.575. The van der Waals surface area contributed by atoms with Gasteiger partial charge in [-0.2, -0.15) is 13.2 Å². The first kappa shape index (κ1) is 24.8. The van der Waals surface area contributed by atoms with Crippen LogP contribution in [0.2, 0.25) is 0 Å². The molecule has 0 spiro atoms. The van der Waals surface area contributed by atoms with Gasteiger partial charge in [0, 0.05) is 43.3 Å². The molecule has 0 radical (unpaired) electrons. The van der Waals surface area contributed by atoms with Gasteiger partial charge in [0.1, 0.15) is 5.75 Å². The minimum absolute atomic E-state index is 0.0441. The van der Waals surface area contributed by atoms with Crippen molar-refractivity contribution in [3.8, 4) is 5.75 Å². The second-order valence-corrected chi connectivity index (χ2v) is 8.21. The van der Waals surface area contributed by atoms with Gasteiger partial charge in [0.2, 0.25) is 5.91 Å². The maximum Gasteiger partial charge on any atom is 0.416 e. The first-order valence-electron chi connectivity index (χ1n) is 10.3. The maximum absolute atomic E-state index is 13.2. The Balaban J connectivity index is 1.51. The molecule has 1 saturated heterocycles. The van der Waals surface area contributed by atoms with Crippen LogP contribution in [0, 0.1) is 0 Å². The van der Waals surface area contributed by atoms with E-state index in [0.717, 1.165) is 12.1 Å². The minimum atomic E-state index is -4.46. The van der Waals surface area contributed by atoms with Crippen LogP contribution in [0.5, 0.6) is 5.75 Å². The highest BCUT2D eigenvalue weighted by atomic mass is 32.1. The molecule has 1 aliphatic heterocycles. The first-order valence-corrected chi connectivity index (χ1v) is 11.2. The molecule has 8 nitrogen and oxygen atoms in total. The third kappa shape index (κ3) is 7.06. The minimum Gasteiger partial charge on any atom is -0.497 e. The van der Waals surface area contributed by atoms with E-state index in [-0.39, 0.29) is 30.6 Å². The van der Waals surface area contributed by atoms with Crippen molar-refractivity contribution < 1.29 is 32.2 Å². The molecule has 1 aliphatic rings. The molecule has 12 heteroatoms. The predicted octanol–water partition coefficient (Wildman–Crippen LogP) is 3.04. The van der Waals surface area contributed by atoms with Crippen LogP contribution >= 0.6 is 11.3 Å². The lowest BCUT2D eigenvalue weighted by Crippen LogP contribution is -2.48. The Kier molecular flexibility index (Phi) is 8.14. The van der Waals surface area contributed by atoms with E-state index in [4.69, 9.17) is 9.47 Å². The van der Waals surface area contributed by atoms with Gasteiger partial charge in [-0.1, -0.05) is 0 Å². The molecular weight excluding hydrogens is 461 g/mol. The predicted molar refractivity (Wildman–Crippen MR) is 118 cm³/mol. The summed E-state index contributed by atoms with van der Waals surface area (Å²) >= 11 is 1.22. The Bertz CT molecular complexity index is 975. The molecule has 0 saturated carbocycles. The molecule has 2 aromatic rings. The first-order chi connectivity index (χ1) is 15.7. The van der Waals surface area contributed by atoms with E-state index in [1.54, 1.807) is 18.4 Å². The van der Waals surface area contributed by atoms with Gasteiger partial charge < -0.3 is 19.7 Å². The van der Waals surface area contributed by atoms with Crippen molar-refractivity contribution in [1.29, 1.82) is 0 Å². The van der Waals surface area contributed by atoms with Gasteiger partial charge in [0.05, 0.1) is 37.9 Å². The van der Waals surface area contributed by atoms with Gasteiger partial charge in [-0.3, -0.25) is 14.5 Å². The van der Waals surface area contributed by atoms with Gasteiger partial charge in [-0.15, -0.1) is 11.3 Å². The molecule has 1 aromatic heterocycles. The van der Waals surface area contributed by atoms with Gasteiger partial charge >= 0.3 is 12.1 Å². The van der Waals surface area contributed by atoms with Gasteiger partial charge in [0.25, 0.3) is 0 Å². The molecule has 180 valence electrons. The van der Waals surface area contributed by atoms with Gasteiger partial charge in [0.15, 0.2) is 5.13 Å². The number of hydrogen-bond donors (Lipinski definition) is 1. The molecule has 0 aliphatic carbocycles. The number of anilines is 2. The number of aromatic nitrogens is 1. The van der Waals surface area contributed by atoms with Crippen molar-refractivity contribution in [2.24, 2.45) is 0 Å². The van der Waals surface area contributed by atoms with Crippen LogP contribution in [0.3, 0.4) is 0 Å². The summed E-state index contributed by atoms with van der Waals surface area (Å²) in [7, 11) is 1.33. The SMILES string of the molecule is CCOC(=O)Cc1csc(NC(=O)CN2CCN(c3cc(OC)cc(C(F)(F)F)c3)CC2)n1. The smallest absolute Gasteiger partial charge is 0.416 e. The topological polar surface area (TPSA) is 84.0 Å². The van der Waals surface area contributed by atoms with Gasteiger partial charge in [-0.25, -0.2) is 4.98 Å². The monoisotopic (exact) mass is 486 g/mol. The number of hydrogen-bond acceptors (Lipinski definition) is 8. The number of benzene rings is 1. The number of ether oxygens (including phenoxy) is 2. The van der Waals surface area contributed by atoms with Crippen LogP contribution in [0.4, 0.5) is 24.0 Å². The molecule has 1 fully saturated rings. The van der Waals surface area contributed by atoms with E-state index >= 15 is 0 Å². The molecule has 3 rings (SSSR count). The molecule has 0 unspecified atom stereocenters. The second-order valence-electron chi connectivity index (χ2n) is 7.35. The van der Waals surface area contributed by atoms with Crippen LogP contribution in [-0.2, 0) is 26.9 Å². The number of esters is 1. The summed E-state index contributed by atoms with van der Waals surface area (Å²) in [5, 5.41) is 4.80. The largest absolute Gasteiger partial charge is 0.497 e. The number of carbonyl (C=O) groups excluding carboxylic acids is 2. The summed E-state index contributed by atoms with van der Waals surface area (Å²) in [6.07, 6.45) is -4.42. The highest BCUT2D eigenvalue weighted by molar-refractivity contribution is 7.13. The molecule has 2 heterocycles. The lowest BCUT2D eigenvalue weighted by Gasteiger charge is -2.36. The number of methoxy groups -OCH3 is 1. The molecule has 0 bridgehead atoms. The summed E-state index contributed by atoms with van der Waals surface area (Å²) in [5.74, 6) is -0.481. The van der Waals surface area contributed by atoms with Crippen LogP contribution in [0.1, 0.15) is 18.2 Å². The average Bonchev–Trinajstić information content (AvgIpc) is 3.19. The Morgan fingerprint density at radius 1 is 1.18 bits per heavy atom. The van der Waals surface area contributed by atoms with E-state index in [0.29, 0.717) is 49.3 Å². The Morgan fingerprint density at radius 2 is 1.91 bits per heavy atom. The molecule has 1 N–H and O–H groups in total. The molecule has 1 aromatic carbocycles. The zero-order valence-electron chi connectivity index (χ0n) is 18.3. The maximum atomic E-state index is 13.2.